The number of nitrogens with zero attached hydrogens (tertiary/aromatic N) is 1. The lowest BCUT2D eigenvalue weighted by atomic mass is 10.1. The summed E-state index contributed by atoms with van der Waals surface area (Å²) in [5.74, 6) is 0.0664. The number of carbonyl (C=O) groups is 1. The van der Waals surface area contributed by atoms with Crippen molar-refractivity contribution in [1.29, 1.82) is 0 Å². The minimum Gasteiger partial charge on any atom is -0.465 e. The first-order valence-corrected chi connectivity index (χ1v) is 4.45. The van der Waals surface area contributed by atoms with E-state index in [4.69, 9.17) is 5.73 Å². The second-order valence-corrected chi connectivity index (χ2v) is 3.13. The highest BCUT2D eigenvalue weighted by atomic mass is 16.5. The number of hydrogen-bond acceptors (Lipinski definition) is 4. The fourth-order valence-electron chi connectivity index (χ4n) is 1.48. The van der Waals surface area contributed by atoms with Gasteiger partial charge in [-0.1, -0.05) is 12.1 Å². The predicted octanol–water partition coefficient (Wildman–Crippen LogP) is 1.60. The van der Waals surface area contributed by atoms with Crippen molar-refractivity contribution >= 4 is 22.6 Å². The molecule has 0 bridgehead atoms. The first kappa shape index (κ1) is 9.45. The van der Waals surface area contributed by atoms with Gasteiger partial charge in [0.2, 0.25) is 0 Å². The van der Waals surface area contributed by atoms with E-state index in [0.717, 1.165) is 10.8 Å². The van der Waals surface area contributed by atoms with Crippen LogP contribution in [0, 0.1) is 0 Å². The third kappa shape index (κ3) is 1.61. The zero-order valence-corrected chi connectivity index (χ0v) is 8.23. The number of methoxy groups -OCH3 is 1. The molecule has 4 nitrogen and oxygen atoms in total. The molecule has 0 aliphatic rings. The number of pyridine rings is 1. The molecule has 1 aromatic heterocycles. The molecule has 0 fully saturated rings. The molecule has 0 spiro atoms. The van der Waals surface area contributed by atoms with Crippen LogP contribution >= 0.6 is 0 Å². The number of nitrogens with two attached hydrogens (primary N) is 1. The van der Waals surface area contributed by atoms with Crippen LogP contribution in [0.3, 0.4) is 0 Å². The van der Waals surface area contributed by atoms with E-state index >= 15 is 0 Å². The fraction of sp³-hybridized carbons (Fsp3) is 0.0909. The smallest absolute Gasteiger partial charge is 0.338 e. The van der Waals surface area contributed by atoms with Crippen molar-refractivity contribution in [1.82, 2.24) is 4.98 Å². The highest BCUT2D eigenvalue weighted by Crippen LogP contribution is 2.19. The topological polar surface area (TPSA) is 65.2 Å². The van der Waals surface area contributed by atoms with Crippen molar-refractivity contribution in [2.24, 2.45) is 0 Å². The van der Waals surface area contributed by atoms with E-state index in [-0.39, 0.29) is 5.97 Å². The van der Waals surface area contributed by atoms with Crippen LogP contribution in [0.4, 0.5) is 5.82 Å². The molecule has 0 saturated heterocycles. The van der Waals surface area contributed by atoms with Crippen molar-refractivity contribution in [2.45, 2.75) is 0 Å². The maximum Gasteiger partial charge on any atom is 0.338 e. The Hall–Kier alpha value is -2.10. The average Bonchev–Trinajstić information content (AvgIpc) is 2.26. The Kier molecular flexibility index (Phi) is 2.25. The molecule has 1 heterocycles. The van der Waals surface area contributed by atoms with Crippen molar-refractivity contribution in [3.8, 4) is 0 Å². The van der Waals surface area contributed by atoms with Gasteiger partial charge in [0.15, 0.2) is 0 Å². The number of nitrogen functional groups attached to an aromatic ring is 1. The first-order chi connectivity index (χ1) is 7.22. The van der Waals surface area contributed by atoms with Gasteiger partial charge in [0, 0.05) is 11.6 Å². The molecule has 0 aliphatic heterocycles. The standard InChI is InChI=1S/C11H10N2O2/c1-15-11(14)8-4-2-3-7-5-10(12)13-6-9(7)8/h2-6H,1H3,(H2,12,13). The Morgan fingerprint density at radius 2 is 2.27 bits per heavy atom. The lowest BCUT2D eigenvalue weighted by molar-refractivity contribution is 0.0603. The van der Waals surface area contributed by atoms with Gasteiger partial charge in [-0.05, 0) is 17.5 Å². The molecule has 2 N–H and O–H groups in total. The lowest BCUT2D eigenvalue weighted by Gasteiger charge is -2.04. The van der Waals surface area contributed by atoms with Crippen LogP contribution in [0.25, 0.3) is 10.8 Å². The number of ether oxygens (including phenoxy) is 1. The van der Waals surface area contributed by atoms with Crippen LogP contribution in [0.1, 0.15) is 10.4 Å². The molecule has 0 saturated carbocycles. The zero-order valence-electron chi connectivity index (χ0n) is 8.23. The molecule has 4 heteroatoms. The molecule has 15 heavy (non-hydrogen) atoms. The molecule has 0 aliphatic carbocycles. The van der Waals surface area contributed by atoms with Gasteiger partial charge in [-0.15, -0.1) is 0 Å². The van der Waals surface area contributed by atoms with Gasteiger partial charge in [0.05, 0.1) is 12.7 Å². The number of anilines is 1. The quantitative estimate of drug-likeness (QED) is 0.713. The van der Waals surface area contributed by atoms with E-state index in [1.165, 1.54) is 7.11 Å². The molecular weight excluding hydrogens is 192 g/mol. The lowest BCUT2D eigenvalue weighted by Crippen LogP contribution is -2.02. The van der Waals surface area contributed by atoms with Crippen LogP contribution in [0.15, 0.2) is 30.5 Å². The summed E-state index contributed by atoms with van der Waals surface area (Å²) in [4.78, 5) is 15.4. The second-order valence-electron chi connectivity index (χ2n) is 3.13. The number of esters is 1. The summed E-state index contributed by atoms with van der Waals surface area (Å²) in [6.45, 7) is 0. The number of aromatic nitrogens is 1. The molecule has 2 aromatic rings. The van der Waals surface area contributed by atoms with Crippen LogP contribution in [0.5, 0.6) is 0 Å². The first-order valence-electron chi connectivity index (χ1n) is 4.45. The van der Waals surface area contributed by atoms with Gasteiger partial charge in [0.25, 0.3) is 0 Å². The fourth-order valence-corrected chi connectivity index (χ4v) is 1.48. The Morgan fingerprint density at radius 1 is 1.47 bits per heavy atom. The van der Waals surface area contributed by atoms with E-state index in [9.17, 15) is 4.79 Å². The number of fused-ring (bicyclic) bond motifs is 1. The Bertz CT molecular complexity index is 523. The van der Waals surface area contributed by atoms with Crippen molar-refractivity contribution in [3.05, 3.63) is 36.0 Å². The van der Waals surface area contributed by atoms with E-state index < -0.39 is 0 Å². The van der Waals surface area contributed by atoms with Crippen molar-refractivity contribution in [2.75, 3.05) is 12.8 Å². The van der Waals surface area contributed by atoms with Gasteiger partial charge in [-0.25, -0.2) is 9.78 Å². The summed E-state index contributed by atoms with van der Waals surface area (Å²) >= 11 is 0. The van der Waals surface area contributed by atoms with E-state index in [0.29, 0.717) is 11.4 Å². The average molecular weight is 202 g/mol. The summed E-state index contributed by atoms with van der Waals surface area (Å²) in [6, 6.07) is 7.08. The maximum absolute atomic E-state index is 11.4. The van der Waals surface area contributed by atoms with E-state index in [2.05, 4.69) is 9.72 Å². The summed E-state index contributed by atoms with van der Waals surface area (Å²) in [5.41, 5.74) is 6.06. The number of carbonyl (C=O) groups excluding carboxylic acids is 1. The zero-order chi connectivity index (χ0) is 10.8. The van der Waals surface area contributed by atoms with Gasteiger partial charge in [-0.2, -0.15) is 0 Å². The summed E-state index contributed by atoms with van der Waals surface area (Å²) in [5, 5.41) is 1.63. The molecule has 2 rings (SSSR count). The van der Waals surface area contributed by atoms with Crippen LogP contribution in [-0.2, 0) is 4.74 Å². The minimum atomic E-state index is -0.368. The van der Waals surface area contributed by atoms with E-state index in [1.807, 2.05) is 6.07 Å². The molecule has 0 atom stereocenters. The highest BCUT2D eigenvalue weighted by Gasteiger charge is 2.09. The minimum absolute atomic E-state index is 0.368. The molecule has 1 aromatic carbocycles. The number of benzene rings is 1. The van der Waals surface area contributed by atoms with Crippen LogP contribution in [-0.4, -0.2) is 18.1 Å². The van der Waals surface area contributed by atoms with Gasteiger partial charge in [0.1, 0.15) is 5.82 Å². The molecule has 0 amide bonds. The highest BCUT2D eigenvalue weighted by molar-refractivity contribution is 6.04. The normalized spacial score (nSPS) is 10.2. The molecule has 0 radical (unpaired) electrons. The maximum atomic E-state index is 11.4. The molecular formula is C11H10N2O2. The monoisotopic (exact) mass is 202 g/mol. The predicted molar refractivity (Wildman–Crippen MR) is 57.5 cm³/mol. The summed E-state index contributed by atoms with van der Waals surface area (Å²) < 4.78 is 4.68. The number of hydrogen-bond donors (Lipinski definition) is 1. The Morgan fingerprint density at radius 3 is 3.00 bits per heavy atom. The summed E-state index contributed by atoms with van der Waals surface area (Å²) in [6.07, 6.45) is 1.58. The van der Waals surface area contributed by atoms with E-state index in [1.54, 1.807) is 24.4 Å². The number of rotatable bonds is 1. The van der Waals surface area contributed by atoms with Crippen LogP contribution < -0.4 is 5.73 Å². The largest absolute Gasteiger partial charge is 0.465 e. The Balaban J connectivity index is 2.71. The van der Waals surface area contributed by atoms with Crippen molar-refractivity contribution < 1.29 is 9.53 Å². The SMILES string of the molecule is COC(=O)c1cccc2cc(N)ncc12. The Labute approximate surface area is 86.7 Å². The summed E-state index contributed by atoms with van der Waals surface area (Å²) in [7, 11) is 1.35. The van der Waals surface area contributed by atoms with Gasteiger partial charge in [-0.3, -0.25) is 0 Å². The van der Waals surface area contributed by atoms with Gasteiger partial charge < -0.3 is 10.5 Å². The molecule has 0 unspecified atom stereocenters. The van der Waals surface area contributed by atoms with Gasteiger partial charge >= 0.3 is 5.97 Å². The third-order valence-electron chi connectivity index (χ3n) is 2.19. The van der Waals surface area contributed by atoms with Crippen LogP contribution in [0.2, 0.25) is 0 Å². The third-order valence-corrected chi connectivity index (χ3v) is 2.19. The van der Waals surface area contributed by atoms with Crippen molar-refractivity contribution in [3.63, 3.8) is 0 Å². The molecule has 76 valence electrons. The second kappa shape index (κ2) is 3.57.